The molecule has 2 aliphatic rings. The van der Waals surface area contributed by atoms with Gasteiger partial charge in [-0.05, 0) is 108 Å². The Morgan fingerprint density at radius 1 is 1.07 bits per heavy atom. The van der Waals surface area contributed by atoms with E-state index in [-0.39, 0.29) is 17.6 Å². The number of ether oxygens (including phenoxy) is 1. The van der Waals surface area contributed by atoms with Crippen LogP contribution in [0.5, 0.6) is 5.88 Å². The number of pyridine rings is 1. The van der Waals surface area contributed by atoms with Gasteiger partial charge in [0.25, 0.3) is 5.82 Å². The summed E-state index contributed by atoms with van der Waals surface area (Å²) in [5.41, 5.74) is 4.35. The first-order chi connectivity index (χ1) is 22.1. The summed E-state index contributed by atoms with van der Waals surface area (Å²) in [7, 11) is 3.84. The van der Waals surface area contributed by atoms with E-state index in [1.807, 2.05) is 56.3 Å². The van der Waals surface area contributed by atoms with Crippen LogP contribution in [-0.2, 0) is 19.0 Å². The van der Waals surface area contributed by atoms with Gasteiger partial charge in [0.15, 0.2) is 5.82 Å². The predicted molar refractivity (Wildman–Crippen MR) is 176 cm³/mol. The Morgan fingerprint density at radius 3 is 2.52 bits per heavy atom. The molecule has 12 heteroatoms. The van der Waals surface area contributed by atoms with Gasteiger partial charge < -0.3 is 25.2 Å². The number of benzene rings is 1. The number of aromatic nitrogens is 4. The van der Waals surface area contributed by atoms with Crippen LogP contribution in [-0.4, -0.2) is 75.9 Å². The number of nitrogens with zero attached hydrogens (tertiary/aromatic N) is 6. The minimum Gasteiger partial charge on any atom is -0.476 e. The molecule has 1 aliphatic carbocycles. The Kier molecular flexibility index (Phi) is 10.8. The van der Waals surface area contributed by atoms with Crippen molar-refractivity contribution in [2.45, 2.75) is 57.7 Å². The van der Waals surface area contributed by atoms with Gasteiger partial charge in [-0.3, -0.25) is 0 Å². The number of halogens is 3. The normalized spacial score (nSPS) is 17.7. The van der Waals surface area contributed by atoms with E-state index >= 15 is 0 Å². The number of likely N-dealkylation sites (tertiary alicyclic amines) is 1. The molecule has 1 fully saturated rings. The van der Waals surface area contributed by atoms with Gasteiger partial charge in [0, 0.05) is 41.8 Å². The molecule has 1 aliphatic heterocycles. The average molecular weight is 637 g/mol. The molecule has 0 saturated carbocycles. The molecular formula is C34H43F3N8O. The maximum absolute atomic E-state index is 14.0. The van der Waals surface area contributed by atoms with Crippen molar-refractivity contribution in [1.29, 1.82) is 0 Å². The molecule has 1 saturated heterocycles. The Labute approximate surface area is 268 Å². The molecule has 9 nitrogen and oxygen atoms in total. The third-order valence-corrected chi connectivity index (χ3v) is 8.24. The standard InChI is InChI=1S/C34H43F3N8O/c1-5-7-10-26(6-2)38-28-22-30(40-31(23-28)46-20-19-43(3)4)45-33(41-32(42-45)34(35,36)37)39-27-14-11-24-12-15-29(16-13-25(24)21-27)44-17-8-9-18-44/h5-7,10-11,14,21-23,29H,2,8-9,12-13,15-20H2,1,3-4H3,(H,38,40)(H,39,41,42)/b7-5-,26-10+. The lowest BCUT2D eigenvalue weighted by atomic mass is 10.0. The van der Waals surface area contributed by atoms with Gasteiger partial charge in [-0.25, -0.2) is 0 Å². The van der Waals surface area contributed by atoms with Gasteiger partial charge in [0.05, 0.1) is 0 Å². The molecule has 2 N–H and O–H groups in total. The molecule has 1 aromatic carbocycles. The van der Waals surface area contributed by atoms with Crippen molar-refractivity contribution in [1.82, 2.24) is 29.5 Å². The minimum atomic E-state index is -4.76. The van der Waals surface area contributed by atoms with Crippen LogP contribution in [0.15, 0.2) is 66.9 Å². The maximum Gasteiger partial charge on any atom is 0.453 e. The van der Waals surface area contributed by atoms with Crippen LogP contribution >= 0.6 is 0 Å². The molecule has 3 aromatic rings. The quantitative estimate of drug-likeness (QED) is 0.167. The highest BCUT2D eigenvalue weighted by Gasteiger charge is 2.38. The fraction of sp³-hybridized carbons (Fsp3) is 0.441. The van der Waals surface area contributed by atoms with Gasteiger partial charge in [0.1, 0.15) is 6.61 Å². The van der Waals surface area contributed by atoms with E-state index in [9.17, 15) is 13.2 Å². The lowest BCUT2D eigenvalue weighted by Gasteiger charge is -2.25. The van der Waals surface area contributed by atoms with Crippen LogP contribution in [0, 0.1) is 0 Å². The lowest BCUT2D eigenvalue weighted by molar-refractivity contribution is -0.144. The highest BCUT2D eigenvalue weighted by molar-refractivity contribution is 5.60. The van der Waals surface area contributed by atoms with E-state index in [1.165, 1.54) is 37.1 Å². The number of allylic oxidation sites excluding steroid dienone is 4. The summed E-state index contributed by atoms with van der Waals surface area (Å²) >= 11 is 0. The van der Waals surface area contributed by atoms with E-state index in [2.05, 4.69) is 43.2 Å². The Bertz CT molecular complexity index is 1560. The van der Waals surface area contributed by atoms with Crippen LogP contribution in [0.4, 0.5) is 30.5 Å². The van der Waals surface area contributed by atoms with Crippen LogP contribution < -0.4 is 15.4 Å². The summed E-state index contributed by atoms with van der Waals surface area (Å²) in [5.74, 6) is -1.04. The summed E-state index contributed by atoms with van der Waals surface area (Å²) in [6.45, 7) is 9.03. The van der Waals surface area contributed by atoms with Gasteiger partial charge >= 0.3 is 6.18 Å². The molecule has 3 heterocycles. The Hall–Kier alpha value is -4.16. The maximum atomic E-state index is 14.0. The third kappa shape index (κ3) is 8.55. The molecule has 46 heavy (non-hydrogen) atoms. The highest BCUT2D eigenvalue weighted by atomic mass is 19.4. The Balaban J connectivity index is 1.47. The molecule has 1 unspecified atom stereocenters. The number of likely N-dealkylation sites (N-methyl/N-ethyl adjacent to an activating group) is 1. The van der Waals surface area contributed by atoms with Crippen molar-refractivity contribution < 1.29 is 17.9 Å². The molecule has 5 rings (SSSR count). The van der Waals surface area contributed by atoms with Gasteiger partial charge in [-0.1, -0.05) is 24.8 Å². The number of nitrogens with one attached hydrogen (secondary N) is 2. The number of hydrogen-bond acceptors (Lipinski definition) is 8. The second kappa shape index (κ2) is 15.0. The smallest absolute Gasteiger partial charge is 0.453 e. The number of anilines is 3. The first kappa shape index (κ1) is 33.2. The molecule has 1 atom stereocenters. The fourth-order valence-electron chi connectivity index (χ4n) is 5.85. The summed E-state index contributed by atoms with van der Waals surface area (Å²) in [5, 5.41) is 10.2. The van der Waals surface area contributed by atoms with Crippen LogP contribution in [0.2, 0.25) is 0 Å². The second-order valence-electron chi connectivity index (χ2n) is 11.9. The second-order valence-corrected chi connectivity index (χ2v) is 11.9. The zero-order chi connectivity index (χ0) is 32.7. The summed E-state index contributed by atoms with van der Waals surface area (Å²) in [6, 6.07) is 9.84. The molecule has 0 bridgehead atoms. The van der Waals surface area contributed by atoms with Crippen molar-refractivity contribution in [3.63, 3.8) is 0 Å². The van der Waals surface area contributed by atoms with Crippen LogP contribution in [0.3, 0.4) is 0 Å². The van der Waals surface area contributed by atoms with Gasteiger partial charge in [-0.2, -0.15) is 27.8 Å². The summed E-state index contributed by atoms with van der Waals surface area (Å²) in [6.07, 6.45) is 9.06. The van der Waals surface area contributed by atoms with Gasteiger partial charge in [0.2, 0.25) is 11.8 Å². The highest BCUT2D eigenvalue weighted by Crippen LogP contribution is 2.32. The van der Waals surface area contributed by atoms with Crippen molar-refractivity contribution in [2.75, 3.05) is 51.0 Å². The number of rotatable bonds is 12. The van der Waals surface area contributed by atoms with Crippen molar-refractivity contribution in [3.05, 3.63) is 83.9 Å². The first-order valence-electron chi connectivity index (χ1n) is 15.8. The number of alkyl halides is 3. The van der Waals surface area contributed by atoms with E-state index in [0.717, 1.165) is 30.4 Å². The minimum absolute atomic E-state index is 0.104. The zero-order valence-electron chi connectivity index (χ0n) is 26.8. The SMILES string of the molecule is C=C/C(=C\C=C/C)Nc1cc(OCCN(C)C)nc(-n2nc(C(F)(F)F)nc2Nc2ccc3c(c2)CCC(N2CCCC2)CC3)c1. The van der Waals surface area contributed by atoms with E-state index in [4.69, 9.17) is 4.74 Å². The molecule has 0 amide bonds. The first-order valence-corrected chi connectivity index (χ1v) is 15.8. The van der Waals surface area contributed by atoms with Crippen molar-refractivity contribution in [2.24, 2.45) is 0 Å². The molecule has 2 aromatic heterocycles. The number of hydrogen-bond donors (Lipinski definition) is 2. The number of fused-ring (bicyclic) bond motifs is 1. The van der Waals surface area contributed by atoms with Crippen molar-refractivity contribution >= 4 is 17.3 Å². The average Bonchev–Trinajstić information content (AvgIpc) is 3.66. The monoisotopic (exact) mass is 636 g/mol. The largest absolute Gasteiger partial charge is 0.476 e. The fourth-order valence-corrected chi connectivity index (χ4v) is 5.85. The molecule has 0 radical (unpaired) electrons. The third-order valence-electron chi connectivity index (χ3n) is 8.24. The zero-order valence-corrected chi connectivity index (χ0v) is 26.8. The van der Waals surface area contributed by atoms with Crippen LogP contribution in [0.25, 0.3) is 5.82 Å². The topological polar surface area (TPSA) is 83.4 Å². The summed E-state index contributed by atoms with van der Waals surface area (Å²) < 4.78 is 48.8. The number of aryl methyl sites for hydroxylation is 2. The predicted octanol–water partition coefficient (Wildman–Crippen LogP) is 6.77. The lowest BCUT2D eigenvalue weighted by Crippen LogP contribution is -2.32. The Morgan fingerprint density at radius 2 is 1.83 bits per heavy atom. The van der Waals surface area contributed by atoms with Crippen LogP contribution in [0.1, 0.15) is 49.6 Å². The van der Waals surface area contributed by atoms with E-state index < -0.39 is 12.0 Å². The molecule has 0 spiro atoms. The van der Waals surface area contributed by atoms with Crippen molar-refractivity contribution in [3.8, 4) is 11.7 Å². The molecular weight excluding hydrogens is 593 g/mol. The molecule has 246 valence electrons. The van der Waals surface area contributed by atoms with E-state index in [1.54, 1.807) is 18.2 Å². The summed E-state index contributed by atoms with van der Waals surface area (Å²) in [4.78, 5) is 13.0. The van der Waals surface area contributed by atoms with E-state index in [0.29, 0.717) is 36.3 Å². The van der Waals surface area contributed by atoms with Gasteiger partial charge in [-0.15, -0.1) is 5.10 Å².